The summed E-state index contributed by atoms with van der Waals surface area (Å²) < 4.78 is 1.43. The number of thioether (sulfide) groups is 1. The lowest BCUT2D eigenvalue weighted by Crippen LogP contribution is -2.18. The first-order valence-corrected chi connectivity index (χ1v) is 6.40. The van der Waals surface area contributed by atoms with Gasteiger partial charge in [-0.3, -0.25) is 14.2 Å². The van der Waals surface area contributed by atoms with Gasteiger partial charge in [-0.1, -0.05) is 42.1 Å². The van der Waals surface area contributed by atoms with Crippen LogP contribution in [0.1, 0.15) is 10.4 Å². The minimum Gasteiger partial charge on any atom is -0.293 e. The second-order valence-corrected chi connectivity index (χ2v) is 4.65. The first-order chi connectivity index (χ1) is 8.68. The largest absolute Gasteiger partial charge is 0.293 e. The van der Waals surface area contributed by atoms with Crippen molar-refractivity contribution >= 4 is 17.5 Å². The predicted octanol–water partition coefficient (Wildman–Crippen LogP) is 1.76. The van der Waals surface area contributed by atoms with Crippen LogP contribution < -0.4 is 5.56 Å². The molecule has 0 aliphatic carbocycles. The first kappa shape index (κ1) is 12.6. The summed E-state index contributed by atoms with van der Waals surface area (Å²) >= 11 is 1.27. The Morgan fingerprint density at radius 1 is 1.28 bits per heavy atom. The van der Waals surface area contributed by atoms with Crippen LogP contribution in [0, 0.1) is 0 Å². The van der Waals surface area contributed by atoms with Gasteiger partial charge in [-0.25, -0.2) is 4.98 Å². The van der Waals surface area contributed by atoms with E-state index in [-0.39, 0.29) is 17.1 Å². The van der Waals surface area contributed by atoms with Crippen LogP contribution in [0.15, 0.2) is 52.5 Å². The maximum absolute atomic E-state index is 11.9. The molecule has 92 valence electrons. The molecule has 0 atom stereocenters. The molecule has 0 aliphatic heterocycles. The first-order valence-electron chi connectivity index (χ1n) is 5.41. The number of nitrogens with zero attached hydrogens (tertiary/aromatic N) is 2. The van der Waals surface area contributed by atoms with Gasteiger partial charge in [0.05, 0.1) is 5.75 Å². The van der Waals surface area contributed by atoms with Crippen LogP contribution in [0.25, 0.3) is 0 Å². The van der Waals surface area contributed by atoms with Crippen molar-refractivity contribution in [3.05, 3.63) is 58.5 Å². The lowest BCUT2D eigenvalue weighted by atomic mass is 10.2. The molecule has 0 aliphatic rings. The highest BCUT2D eigenvalue weighted by Gasteiger charge is 2.08. The summed E-state index contributed by atoms with van der Waals surface area (Å²) in [4.78, 5) is 27.3. The summed E-state index contributed by atoms with van der Waals surface area (Å²) in [5.41, 5.74) is 0.547. The number of Topliss-reactive ketones (excluding diaryl/α,β-unsaturated/α-hetero) is 1. The molecule has 0 spiro atoms. The van der Waals surface area contributed by atoms with Crippen LogP contribution in [-0.2, 0) is 7.05 Å². The Hall–Kier alpha value is -1.88. The quantitative estimate of drug-likeness (QED) is 0.477. The fourth-order valence-electron chi connectivity index (χ4n) is 1.43. The number of benzene rings is 1. The maximum atomic E-state index is 11.9. The Kier molecular flexibility index (Phi) is 3.94. The predicted molar refractivity (Wildman–Crippen MR) is 71.0 cm³/mol. The molecule has 2 rings (SSSR count). The van der Waals surface area contributed by atoms with Gasteiger partial charge in [-0.05, 0) is 0 Å². The van der Waals surface area contributed by atoms with Crippen LogP contribution in [0.5, 0.6) is 0 Å². The highest BCUT2D eigenvalue weighted by Crippen LogP contribution is 2.14. The van der Waals surface area contributed by atoms with E-state index in [0.29, 0.717) is 10.7 Å². The third-order valence-corrected chi connectivity index (χ3v) is 3.49. The van der Waals surface area contributed by atoms with Gasteiger partial charge in [0.15, 0.2) is 10.9 Å². The van der Waals surface area contributed by atoms with Crippen LogP contribution in [-0.4, -0.2) is 21.1 Å². The molecule has 1 aromatic carbocycles. The molecule has 18 heavy (non-hydrogen) atoms. The van der Waals surface area contributed by atoms with Crippen molar-refractivity contribution in [2.75, 3.05) is 5.75 Å². The SMILES string of the molecule is Cn1c(SCC(=O)c2ccccc2)nccc1=O. The molecule has 0 saturated carbocycles. The molecule has 0 N–H and O–H groups in total. The van der Waals surface area contributed by atoms with Gasteiger partial charge in [-0.15, -0.1) is 0 Å². The average molecular weight is 260 g/mol. The molecule has 0 saturated heterocycles. The lowest BCUT2D eigenvalue weighted by Gasteiger charge is -2.05. The lowest BCUT2D eigenvalue weighted by molar-refractivity contribution is 0.102. The molecule has 0 amide bonds. The van der Waals surface area contributed by atoms with E-state index in [2.05, 4.69) is 4.98 Å². The average Bonchev–Trinajstić information content (AvgIpc) is 2.41. The van der Waals surface area contributed by atoms with Gasteiger partial charge in [0, 0.05) is 24.9 Å². The molecule has 0 unspecified atom stereocenters. The number of aromatic nitrogens is 2. The second-order valence-electron chi connectivity index (χ2n) is 3.70. The van der Waals surface area contributed by atoms with Crippen molar-refractivity contribution in [1.29, 1.82) is 0 Å². The zero-order chi connectivity index (χ0) is 13.0. The van der Waals surface area contributed by atoms with Crippen molar-refractivity contribution in [2.45, 2.75) is 5.16 Å². The highest BCUT2D eigenvalue weighted by molar-refractivity contribution is 7.99. The van der Waals surface area contributed by atoms with Gasteiger partial charge in [-0.2, -0.15) is 0 Å². The minimum absolute atomic E-state index is 0.0266. The zero-order valence-corrected chi connectivity index (χ0v) is 10.7. The molecule has 0 radical (unpaired) electrons. The van der Waals surface area contributed by atoms with Gasteiger partial charge < -0.3 is 0 Å². The van der Waals surface area contributed by atoms with Crippen molar-refractivity contribution < 1.29 is 4.79 Å². The van der Waals surface area contributed by atoms with E-state index < -0.39 is 0 Å². The van der Waals surface area contributed by atoms with E-state index in [0.717, 1.165) is 0 Å². The molecule has 1 heterocycles. The Balaban J connectivity index is 2.07. The summed E-state index contributed by atoms with van der Waals surface area (Å²) in [6, 6.07) is 10.5. The number of rotatable bonds is 4. The van der Waals surface area contributed by atoms with E-state index >= 15 is 0 Å². The number of ketones is 1. The van der Waals surface area contributed by atoms with E-state index in [1.54, 1.807) is 19.2 Å². The number of carbonyl (C=O) groups excluding carboxylic acids is 1. The van der Waals surface area contributed by atoms with Crippen molar-refractivity contribution in [2.24, 2.45) is 7.05 Å². The minimum atomic E-state index is -0.125. The van der Waals surface area contributed by atoms with Gasteiger partial charge >= 0.3 is 0 Å². The fourth-order valence-corrected chi connectivity index (χ4v) is 2.27. The monoisotopic (exact) mass is 260 g/mol. The van der Waals surface area contributed by atoms with Crippen LogP contribution >= 0.6 is 11.8 Å². The fraction of sp³-hybridized carbons (Fsp3) is 0.154. The van der Waals surface area contributed by atoms with Gasteiger partial charge in [0.25, 0.3) is 5.56 Å². The molecule has 5 heteroatoms. The Morgan fingerprint density at radius 2 is 2.00 bits per heavy atom. The number of hydrogen-bond acceptors (Lipinski definition) is 4. The zero-order valence-electron chi connectivity index (χ0n) is 9.87. The summed E-state index contributed by atoms with van der Waals surface area (Å²) in [6.45, 7) is 0. The topological polar surface area (TPSA) is 52.0 Å². The molecule has 0 fully saturated rings. The van der Waals surface area contributed by atoms with Crippen molar-refractivity contribution in [1.82, 2.24) is 9.55 Å². The highest BCUT2D eigenvalue weighted by atomic mass is 32.2. The van der Waals surface area contributed by atoms with E-state index in [9.17, 15) is 9.59 Å². The molecule has 2 aromatic rings. The summed E-state index contributed by atoms with van der Waals surface area (Å²) in [5, 5.41) is 0.548. The van der Waals surface area contributed by atoms with E-state index in [1.807, 2.05) is 18.2 Å². The summed E-state index contributed by atoms with van der Waals surface area (Å²) in [7, 11) is 1.64. The molecular weight excluding hydrogens is 248 g/mol. The number of carbonyl (C=O) groups is 1. The van der Waals surface area contributed by atoms with E-state index in [4.69, 9.17) is 0 Å². The third kappa shape index (κ3) is 2.87. The summed E-state index contributed by atoms with van der Waals surface area (Å²) in [6.07, 6.45) is 1.46. The molecule has 4 nitrogen and oxygen atoms in total. The van der Waals surface area contributed by atoms with Crippen molar-refractivity contribution in [3.8, 4) is 0 Å². The Labute approximate surface area is 109 Å². The summed E-state index contributed by atoms with van der Waals surface area (Å²) in [5.74, 6) is 0.299. The maximum Gasteiger partial charge on any atom is 0.253 e. The van der Waals surface area contributed by atoms with Crippen LogP contribution in [0.3, 0.4) is 0 Å². The third-order valence-electron chi connectivity index (χ3n) is 2.45. The van der Waals surface area contributed by atoms with Crippen molar-refractivity contribution in [3.63, 3.8) is 0 Å². The van der Waals surface area contributed by atoms with Crippen LogP contribution in [0.4, 0.5) is 0 Å². The van der Waals surface area contributed by atoms with Gasteiger partial charge in [0.1, 0.15) is 0 Å². The Morgan fingerprint density at radius 3 is 2.72 bits per heavy atom. The molecule has 1 aromatic heterocycles. The number of hydrogen-bond donors (Lipinski definition) is 0. The standard InChI is InChI=1S/C13H12N2O2S/c1-15-12(17)7-8-14-13(15)18-9-11(16)10-5-3-2-4-6-10/h2-8H,9H2,1H3. The normalized spacial score (nSPS) is 10.3. The second kappa shape index (κ2) is 5.64. The Bertz CT molecular complexity index is 608. The van der Waals surface area contributed by atoms with E-state index in [1.165, 1.54) is 28.6 Å². The molecule has 0 bridgehead atoms. The van der Waals surface area contributed by atoms with Gasteiger partial charge in [0.2, 0.25) is 0 Å². The van der Waals surface area contributed by atoms with Crippen LogP contribution in [0.2, 0.25) is 0 Å². The smallest absolute Gasteiger partial charge is 0.253 e. The molecular formula is C13H12N2O2S.